The molecule has 3 aromatic rings. The molecule has 1 atom stereocenters. The van der Waals surface area contributed by atoms with E-state index in [4.69, 9.17) is 4.98 Å². The van der Waals surface area contributed by atoms with Gasteiger partial charge in [-0.25, -0.2) is 4.98 Å². The van der Waals surface area contributed by atoms with Crippen molar-refractivity contribution < 1.29 is 0 Å². The zero-order valence-corrected chi connectivity index (χ0v) is 19.7. The maximum Gasteiger partial charge on any atom is 0.123 e. The number of nitrogens with zero attached hydrogens (tertiary/aromatic N) is 5. The third-order valence-electron chi connectivity index (χ3n) is 7.23. The molecule has 1 saturated heterocycles. The van der Waals surface area contributed by atoms with Gasteiger partial charge >= 0.3 is 0 Å². The topological polar surface area (TPSA) is 48.1 Å². The van der Waals surface area contributed by atoms with E-state index in [1.54, 1.807) is 0 Å². The van der Waals surface area contributed by atoms with Gasteiger partial charge in [0.1, 0.15) is 5.82 Å². The van der Waals surface area contributed by atoms with Crippen molar-refractivity contribution in [2.75, 3.05) is 32.7 Å². The first-order valence-corrected chi connectivity index (χ1v) is 11.9. The summed E-state index contributed by atoms with van der Waals surface area (Å²) in [5, 5.41) is 10.1. The number of piperazine rings is 1. The van der Waals surface area contributed by atoms with Crippen molar-refractivity contribution in [1.82, 2.24) is 19.4 Å². The van der Waals surface area contributed by atoms with Crippen LogP contribution in [-0.4, -0.2) is 52.1 Å². The highest BCUT2D eigenvalue weighted by Crippen LogP contribution is 2.36. The number of aryl methyl sites for hydroxylation is 1. The first-order chi connectivity index (χ1) is 15.5. The van der Waals surface area contributed by atoms with Gasteiger partial charge in [0.25, 0.3) is 0 Å². The van der Waals surface area contributed by atoms with Crippen molar-refractivity contribution in [1.29, 1.82) is 5.26 Å². The average molecular weight is 430 g/mol. The van der Waals surface area contributed by atoms with Gasteiger partial charge in [-0.15, -0.1) is 0 Å². The molecule has 5 nitrogen and oxygen atoms in total. The van der Waals surface area contributed by atoms with E-state index in [0.717, 1.165) is 69.0 Å². The van der Waals surface area contributed by atoms with Crippen LogP contribution in [0.3, 0.4) is 0 Å². The second-order valence-electron chi connectivity index (χ2n) is 9.40. The Morgan fingerprint density at radius 1 is 0.969 bits per heavy atom. The summed E-state index contributed by atoms with van der Waals surface area (Å²) in [7, 11) is 2.11. The van der Waals surface area contributed by atoms with Crippen molar-refractivity contribution >= 4 is 11.0 Å². The van der Waals surface area contributed by atoms with E-state index in [1.807, 2.05) is 18.2 Å². The summed E-state index contributed by atoms with van der Waals surface area (Å²) in [4.78, 5) is 9.90. The minimum absolute atomic E-state index is 0.292. The molecular weight excluding hydrogens is 394 g/mol. The highest BCUT2D eigenvalue weighted by Gasteiger charge is 2.35. The van der Waals surface area contributed by atoms with E-state index in [9.17, 15) is 5.26 Å². The average Bonchev–Trinajstić information content (AvgIpc) is 3.13. The predicted molar refractivity (Wildman–Crippen MR) is 130 cm³/mol. The molecule has 5 heteroatoms. The number of hydrogen-bond donors (Lipinski definition) is 0. The van der Waals surface area contributed by atoms with Crippen LogP contribution in [0.25, 0.3) is 11.0 Å². The van der Waals surface area contributed by atoms with Crippen molar-refractivity contribution in [3.63, 3.8) is 0 Å². The summed E-state index contributed by atoms with van der Waals surface area (Å²) < 4.78 is 2.22. The second-order valence-corrected chi connectivity index (χ2v) is 9.40. The van der Waals surface area contributed by atoms with Crippen LogP contribution in [0.1, 0.15) is 38.1 Å². The lowest BCUT2D eigenvalue weighted by atomic mass is 9.70. The summed E-state index contributed by atoms with van der Waals surface area (Å²) in [6.45, 7) is 10.6. The molecule has 32 heavy (non-hydrogen) atoms. The lowest BCUT2D eigenvalue weighted by Crippen LogP contribution is -2.46. The molecule has 4 rings (SSSR count). The van der Waals surface area contributed by atoms with Crippen LogP contribution in [0.5, 0.6) is 0 Å². The Balaban J connectivity index is 1.29. The van der Waals surface area contributed by atoms with E-state index >= 15 is 0 Å². The van der Waals surface area contributed by atoms with Crippen LogP contribution < -0.4 is 0 Å². The molecule has 0 amide bonds. The van der Waals surface area contributed by atoms with E-state index < -0.39 is 5.41 Å². The number of para-hydroxylation sites is 2. The van der Waals surface area contributed by atoms with Gasteiger partial charge in [0.2, 0.25) is 0 Å². The molecule has 0 spiro atoms. The lowest BCUT2D eigenvalue weighted by molar-refractivity contribution is 0.121. The molecule has 0 radical (unpaired) electrons. The molecule has 1 unspecified atom stereocenters. The van der Waals surface area contributed by atoms with Crippen molar-refractivity contribution in [3.05, 3.63) is 66.0 Å². The van der Waals surface area contributed by atoms with Crippen molar-refractivity contribution in [2.24, 2.45) is 13.0 Å². The van der Waals surface area contributed by atoms with Gasteiger partial charge in [-0.3, -0.25) is 4.90 Å². The fourth-order valence-electron chi connectivity index (χ4n) is 5.04. The number of aromatic nitrogens is 2. The van der Waals surface area contributed by atoms with Crippen molar-refractivity contribution in [3.8, 4) is 6.07 Å². The Morgan fingerprint density at radius 2 is 1.62 bits per heavy atom. The fraction of sp³-hybridized carbons (Fsp3) is 0.481. The summed E-state index contributed by atoms with van der Waals surface area (Å²) in [5.41, 5.74) is 3.03. The van der Waals surface area contributed by atoms with E-state index in [0.29, 0.717) is 5.92 Å². The number of benzene rings is 2. The molecule has 0 saturated carbocycles. The Morgan fingerprint density at radius 3 is 2.28 bits per heavy atom. The van der Waals surface area contributed by atoms with Crippen LogP contribution in [0.15, 0.2) is 54.6 Å². The molecular formula is C27H35N5. The lowest BCUT2D eigenvalue weighted by Gasteiger charge is -2.36. The Bertz CT molecular complexity index is 1060. The maximum atomic E-state index is 10.1. The summed E-state index contributed by atoms with van der Waals surface area (Å²) in [5.74, 6) is 1.43. The molecule has 2 aromatic carbocycles. The van der Waals surface area contributed by atoms with Gasteiger partial charge in [0.05, 0.1) is 29.1 Å². The number of rotatable bonds is 8. The third-order valence-corrected chi connectivity index (χ3v) is 7.23. The number of imidazole rings is 1. The van der Waals surface area contributed by atoms with E-state index in [2.05, 4.69) is 77.7 Å². The number of fused-ring (bicyclic) bond motifs is 1. The van der Waals surface area contributed by atoms with Gasteiger partial charge in [-0.2, -0.15) is 5.26 Å². The zero-order chi connectivity index (χ0) is 22.6. The van der Waals surface area contributed by atoms with E-state index in [1.165, 1.54) is 5.52 Å². The highest BCUT2D eigenvalue weighted by atomic mass is 15.3. The number of nitriles is 1. The molecule has 0 aliphatic carbocycles. The summed E-state index contributed by atoms with van der Waals surface area (Å²) in [6.07, 6.45) is 1.96. The van der Waals surface area contributed by atoms with Crippen LogP contribution >= 0.6 is 0 Å². The zero-order valence-electron chi connectivity index (χ0n) is 19.7. The summed E-state index contributed by atoms with van der Waals surface area (Å²) >= 11 is 0. The fourth-order valence-corrected chi connectivity index (χ4v) is 5.04. The second kappa shape index (κ2) is 9.85. The smallest absolute Gasteiger partial charge is 0.123 e. The maximum absolute atomic E-state index is 10.1. The van der Waals surface area contributed by atoms with Crippen LogP contribution in [0.4, 0.5) is 0 Å². The first kappa shape index (κ1) is 22.5. The Labute approximate surface area is 192 Å². The SMILES string of the molecule is CC(C)C(C#N)(CCCN1CCN(Cc2nc3ccccc3n2C)CC1)c1ccccc1. The van der Waals surface area contributed by atoms with Gasteiger partial charge < -0.3 is 9.47 Å². The monoisotopic (exact) mass is 429 g/mol. The summed E-state index contributed by atoms with van der Waals surface area (Å²) in [6, 6.07) is 21.4. The van der Waals surface area contributed by atoms with Crippen LogP contribution in [-0.2, 0) is 19.0 Å². The predicted octanol–water partition coefficient (Wildman–Crippen LogP) is 4.59. The van der Waals surface area contributed by atoms with Crippen LogP contribution in [0.2, 0.25) is 0 Å². The molecule has 0 N–H and O–H groups in total. The molecule has 1 aromatic heterocycles. The number of hydrogen-bond acceptors (Lipinski definition) is 4. The third kappa shape index (κ3) is 4.57. The van der Waals surface area contributed by atoms with Gasteiger partial charge in [-0.1, -0.05) is 56.3 Å². The molecule has 1 fully saturated rings. The standard InChI is InChI=1S/C27H35N5/c1-22(2)27(21-28,23-10-5-4-6-11-23)14-9-15-31-16-18-32(19-17-31)20-26-29-24-12-7-8-13-25(24)30(26)3/h4-8,10-13,22H,9,14-20H2,1-3H3. The van der Waals surface area contributed by atoms with Crippen LogP contribution in [0, 0.1) is 17.2 Å². The van der Waals surface area contributed by atoms with Gasteiger partial charge in [0.15, 0.2) is 0 Å². The van der Waals surface area contributed by atoms with Gasteiger partial charge in [-0.05, 0) is 43.0 Å². The molecule has 168 valence electrons. The largest absolute Gasteiger partial charge is 0.330 e. The molecule has 2 heterocycles. The van der Waals surface area contributed by atoms with Gasteiger partial charge in [0, 0.05) is 33.2 Å². The van der Waals surface area contributed by atoms with Crippen molar-refractivity contribution in [2.45, 2.75) is 38.6 Å². The minimum atomic E-state index is -0.400. The minimum Gasteiger partial charge on any atom is -0.330 e. The molecule has 1 aliphatic rings. The Hall–Kier alpha value is -2.68. The molecule has 1 aliphatic heterocycles. The van der Waals surface area contributed by atoms with E-state index in [-0.39, 0.29) is 0 Å². The molecule has 0 bridgehead atoms. The highest BCUT2D eigenvalue weighted by molar-refractivity contribution is 5.75. The Kier molecular flexibility index (Phi) is 6.93. The normalized spacial score (nSPS) is 17.5. The quantitative estimate of drug-likeness (QED) is 0.526. The first-order valence-electron chi connectivity index (χ1n) is 11.9.